The highest BCUT2D eigenvalue weighted by atomic mass is 32.2. The first-order valence-electron chi connectivity index (χ1n) is 3.83. The summed E-state index contributed by atoms with van der Waals surface area (Å²) >= 11 is 0. The second-order valence-corrected chi connectivity index (χ2v) is 3.88. The normalized spacial score (nSPS) is 11.8. The smallest absolute Gasteiger partial charge is 0.216 e. The zero-order chi connectivity index (χ0) is 8.74. The molecular weight excluding hydrogens is 164 g/mol. The lowest BCUT2D eigenvalue weighted by Gasteiger charge is -1.99. The van der Waals surface area contributed by atoms with Gasteiger partial charge >= 0.3 is 0 Å². The van der Waals surface area contributed by atoms with Gasteiger partial charge < -0.3 is 0 Å². The average molecular weight is 180 g/mol. The molecule has 0 aromatic rings. The minimum atomic E-state index is -3.46. The van der Waals surface area contributed by atoms with Gasteiger partial charge in [0, 0.05) is 6.54 Å². The Bertz CT molecular complexity index is 177. The minimum Gasteiger partial charge on any atom is -0.216 e. The molecule has 0 spiro atoms. The zero-order valence-corrected chi connectivity index (χ0v) is 7.65. The highest BCUT2D eigenvalue weighted by molar-refractivity contribution is 7.87. The summed E-state index contributed by atoms with van der Waals surface area (Å²) < 4.78 is 22.9. The van der Waals surface area contributed by atoms with Gasteiger partial charge in [0.05, 0.1) is 0 Å². The number of nitrogens with one attached hydrogen (secondary N) is 1. The third kappa shape index (κ3) is 9.87. The molecule has 4 nitrogen and oxygen atoms in total. The molecule has 68 valence electrons. The Hall–Kier alpha value is -0.130. The lowest BCUT2D eigenvalue weighted by molar-refractivity contribution is 0.575. The zero-order valence-electron chi connectivity index (χ0n) is 6.84. The van der Waals surface area contributed by atoms with Crippen molar-refractivity contribution in [2.75, 3.05) is 6.54 Å². The summed E-state index contributed by atoms with van der Waals surface area (Å²) in [5.74, 6) is 0. The maximum atomic E-state index is 10.3. The van der Waals surface area contributed by atoms with Crippen molar-refractivity contribution in [2.24, 2.45) is 5.14 Å². The Balaban J connectivity index is 3.16. The molecule has 11 heavy (non-hydrogen) atoms. The molecule has 0 saturated heterocycles. The van der Waals surface area contributed by atoms with Gasteiger partial charge in [-0.2, -0.15) is 8.42 Å². The molecular formula is C6H16N2O2S. The second-order valence-electron chi connectivity index (χ2n) is 2.50. The van der Waals surface area contributed by atoms with E-state index in [4.69, 9.17) is 5.14 Å². The topological polar surface area (TPSA) is 72.2 Å². The molecule has 3 N–H and O–H groups in total. The van der Waals surface area contributed by atoms with Crippen LogP contribution < -0.4 is 9.86 Å². The molecule has 0 aliphatic heterocycles. The van der Waals surface area contributed by atoms with Gasteiger partial charge in [0.15, 0.2) is 0 Å². The van der Waals surface area contributed by atoms with E-state index in [-0.39, 0.29) is 0 Å². The molecule has 0 saturated carbocycles. The summed E-state index contributed by atoms with van der Waals surface area (Å²) in [5, 5.41) is 4.71. The highest BCUT2D eigenvalue weighted by Gasteiger charge is 1.97. The van der Waals surface area contributed by atoms with Gasteiger partial charge in [0.2, 0.25) is 0 Å². The molecule has 0 atom stereocenters. The molecule has 0 radical (unpaired) electrons. The van der Waals surface area contributed by atoms with Crippen LogP contribution in [0.2, 0.25) is 0 Å². The van der Waals surface area contributed by atoms with Crippen molar-refractivity contribution >= 4 is 10.2 Å². The number of hydrogen-bond acceptors (Lipinski definition) is 2. The molecule has 5 heteroatoms. The number of unbranched alkanes of at least 4 members (excludes halogenated alkanes) is 3. The third-order valence-electron chi connectivity index (χ3n) is 1.33. The monoisotopic (exact) mass is 180 g/mol. The average Bonchev–Trinajstić information content (AvgIpc) is 1.85. The predicted molar refractivity (Wildman–Crippen MR) is 45.3 cm³/mol. The van der Waals surface area contributed by atoms with Crippen LogP contribution in [0.25, 0.3) is 0 Å². The van der Waals surface area contributed by atoms with Gasteiger partial charge in [0.25, 0.3) is 10.2 Å². The SMILES string of the molecule is CCCCCCNS(N)(=O)=O. The third-order valence-corrected chi connectivity index (χ3v) is 1.94. The van der Waals surface area contributed by atoms with Crippen molar-refractivity contribution in [1.29, 1.82) is 0 Å². The van der Waals surface area contributed by atoms with E-state index >= 15 is 0 Å². The predicted octanol–water partition coefficient (Wildman–Crippen LogP) is 0.360. The maximum absolute atomic E-state index is 10.3. The highest BCUT2D eigenvalue weighted by Crippen LogP contribution is 1.96. The van der Waals surface area contributed by atoms with Crippen LogP contribution in [-0.2, 0) is 10.2 Å². The Morgan fingerprint density at radius 3 is 2.36 bits per heavy atom. The van der Waals surface area contributed by atoms with E-state index < -0.39 is 10.2 Å². The fourth-order valence-corrected chi connectivity index (χ4v) is 1.20. The fourth-order valence-electron chi connectivity index (χ4n) is 0.766. The molecule has 0 aliphatic carbocycles. The lowest BCUT2D eigenvalue weighted by Crippen LogP contribution is -2.31. The molecule has 0 aromatic carbocycles. The van der Waals surface area contributed by atoms with Crippen molar-refractivity contribution < 1.29 is 8.42 Å². The molecule has 0 fully saturated rings. The Labute approximate surface area is 68.3 Å². The van der Waals surface area contributed by atoms with Crippen LogP contribution in [0.15, 0.2) is 0 Å². The maximum Gasteiger partial charge on any atom is 0.274 e. The Morgan fingerprint density at radius 2 is 1.91 bits per heavy atom. The lowest BCUT2D eigenvalue weighted by atomic mass is 10.2. The summed E-state index contributed by atoms with van der Waals surface area (Å²) in [5.41, 5.74) is 0. The number of hydrogen-bond donors (Lipinski definition) is 2. The molecule has 0 rings (SSSR count). The summed E-state index contributed by atoms with van der Waals surface area (Å²) in [6.45, 7) is 2.56. The van der Waals surface area contributed by atoms with Crippen LogP contribution in [0.5, 0.6) is 0 Å². The van der Waals surface area contributed by atoms with E-state index in [0.717, 1.165) is 25.7 Å². The summed E-state index contributed by atoms with van der Waals surface area (Å²) in [6, 6.07) is 0. The summed E-state index contributed by atoms with van der Waals surface area (Å²) in [7, 11) is -3.46. The fraction of sp³-hybridized carbons (Fsp3) is 1.00. The molecule has 0 unspecified atom stereocenters. The standard InChI is InChI=1S/C6H16N2O2S/c1-2-3-4-5-6-8-11(7,9)10/h8H,2-6H2,1H3,(H2,7,9,10). The van der Waals surface area contributed by atoms with Crippen LogP contribution in [0.3, 0.4) is 0 Å². The van der Waals surface area contributed by atoms with Crippen LogP contribution in [0.4, 0.5) is 0 Å². The molecule has 0 bridgehead atoms. The van der Waals surface area contributed by atoms with Crippen molar-refractivity contribution in [1.82, 2.24) is 4.72 Å². The summed E-state index contributed by atoms with van der Waals surface area (Å²) in [4.78, 5) is 0. The first-order chi connectivity index (χ1) is 5.06. The quantitative estimate of drug-likeness (QED) is 0.579. The van der Waals surface area contributed by atoms with Gasteiger partial charge in [-0.1, -0.05) is 26.2 Å². The first kappa shape index (κ1) is 10.9. The van der Waals surface area contributed by atoms with Crippen molar-refractivity contribution in [3.63, 3.8) is 0 Å². The molecule has 0 aliphatic rings. The Morgan fingerprint density at radius 1 is 1.27 bits per heavy atom. The van der Waals surface area contributed by atoms with E-state index in [1.807, 2.05) is 0 Å². The van der Waals surface area contributed by atoms with Crippen molar-refractivity contribution in [2.45, 2.75) is 32.6 Å². The molecule has 0 heterocycles. The van der Waals surface area contributed by atoms with E-state index in [2.05, 4.69) is 11.6 Å². The minimum absolute atomic E-state index is 0.457. The second kappa shape index (κ2) is 5.51. The van der Waals surface area contributed by atoms with Gasteiger partial charge in [-0.05, 0) is 6.42 Å². The van der Waals surface area contributed by atoms with Gasteiger partial charge in [-0.15, -0.1) is 0 Å². The van der Waals surface area contributed by atoms with E-state index in [1.54, 1.807) is 0 Å². The van der Waals surface area contributed by atoms with Crippen LogP contribution in [0.1, 0.15) is 32.6 Å². The Kier molecular flexibility index (Phi) is 5.45. The largest absolute Gasteiger partial charge is 0.274 e. The molecule has 0 aromatic heterocycles. The van der Waals surface area contributed by atoms with E-state index in [1.165, 1.54) is 0 Å². The molecule has 0 amide bonds. The van der Waals surface area contributed by atoms with E-state index in [9.17, 15) is 8.42 Å². The van der Waals surface area contributed by atoms with Crippen LogP contribution in [0, 0.1) is 0 Å². The van der Waals surface area contributed by atoms with Gasteiger partial charge in [0.1, 0.15) is 0 Å². The number of rotatable bonds is 6. The van der Waals surface area contributed by atoms with Gasteiger partial charge in [-0.3, -0.25) is 0 Å². The van der Waals surface area contributed by atoms with Crippen LogP contribution in [-0.4, -0.2) is 15.0 Å². The van der Waals surface area contributed by atoms with Crippen LogP contribution >= 0.6 is 0 Å². The van der Waals surface area contributed by atoms with E-state index in [0.29, 0.717) is 6.54 Å². The summed E-state index contributed by atoms with van der Waals surface area (Å²) in [6.07, 6.45) is 4.21. The first-order valence-corrected chi connectivity index (χ1v) is 5.38. The van der Waals surface area contributed by atoms with Crippen molar-refractivity contribution in [3.05, 3.63) is 0 Å². The van der Waals surface area contributed by atoms with Crippen molar-refractivity contribution in [3.8, 4) is 0 Å². The number of nitrogens with two attached hydrogens (primary N) is 1. The van der Waals surface area contributed by atoms with Gasteiger partial charge in [-0.25, -0.2) is 9.86 Å².